The fourth-order valence-corrected chi connectivity index (χ4v) is 0.769. The van der Waals surface area contributed by atoms with Gasteiger partial charge in [-0.3, -0.25) is 0 Å². The van der Waals surface area contributed by atoms with Crippen LogP contribution in [0.2, 0.25) is 0 Å². The predicted octanol–water partition coefficient (Wildman–Crippen LogP) is 3.24. The zero-order valence-corrected chi connectivity index (χ0v) is 7.92. The minimum absolute atomic E-state index is 0. The Labute approximate surface area is 94.9 Å². The standard InChI is InChI=1S/C6H5.C6H13.Li.H/c1-2-4-6-5-3-1;1-3-5-6-4-2;;/h1-5H;1,3-6H2,2H3;;. The molecule has 1 rings (SSSR count). The van der Waals surface area contributed by atoms with E-state index in [1.807, 2.05) is 30.3 Å². The van der Waals surface area contributed by atoms with Gasteiger partial charge in [-0.05, 0) is 6.07 Å². The molecule has 0 N–H and O–H groups in total. The summed E-state index contributed by atoms with van der Waals surface area (Å²) >= 11 is 0. The van der Waals surface area contributed by atoms with Gasteiger partial charge in [0.2, 0.25) is 0 Å². The van der Waals surface area contributed by atoms with E-state index in [1.165, 1.54) is 19.3 Å². The van der Waals surface area contributed by atoms with Crippen LogP contribution in [0.3, 0.4) is 0 Å². The quantitative estimate of drug-likeness (QED) is 0.482. The van der Waals surface area contributed by atoms with Crippen molar-refractivity contribution < 1.29 is 0 Å². The van der Waals surface area contributed by atoms with Crippen LogP contribution in [0.1, 0.15) is 32.6 Å². The van der Waals surface area contributed by atoms with Crippen molar-refractivity contribution in [2.45, 2.75) is 32.6 Å². The van der Waals surface area contributed by atoms with Gasteiger partial charge in [-0.1, -0.05) is 69.9 Å². The van der Waals surface area contributed by atoms with E-state index in [4.69, 9.17) is 0 Å². The molecule has 0 saturated carbocycles. The average molecular weight is 170 g/mol. The van der Waals surface area contributed by atoms with Crippen LogP contribution in [0, 0.1) is 13.0 Å². The Morgan fingerprint density at radius 3 is 1.85 bits per heavy atom. The SMILES string of the molecule is [CH2]CCCCC.[LiH].[c]1ccccc1. The molecule has 1 heteroatoms. The fraction of sp³-hybridized carbons (Fsp3) is 0.417. The largest absolute Gasteiger partial charge is 0.0622 e. The molecule has 2 radical (unpaired) electrons. The van der Waals surface area contributed by atoms with Crippen molar-refractivity contribution in [1.29, 1.82) is 0 Å². The van der Waals surface area contributed by atoms with Gasteiger partial charge in [-0.15, -0.1) is 0 Å². The first kappa shape index (κ1) is 15.3. The van der Waals surface area contributed by atoms with Gasteiger partial charge in [0.1, 0.15) is 0 Å². The van der Waals surface area contributed by atoms with E-state index >= 15 is 0 Å². The van der Waals surface area contributed by atoms with Gasteiger partial charge in [-0.25, -0.2) is 0 Å². The van der Waals surface area contributed by atoms with Crippen LogP contribution in [-0.4, -0.2) is 18.9 Å². The second kappa shape index (κ2) is 14.3. The van der Waals surface area contributed by atoms with Crippen molar-refractivity contribution in [3.63, 3.8) is 0 Å². The summed E-state index contributed by atoms with van der Waals surface area (Å²) in [4.78, 5) is 0. The molecule has 0 unspecified atom stereocenters. The summed E-state index contributed by atoms with van der Waals surface area (Å²) in [6.07, 6.45) is 5.07. The second-order valence-corrected chi connectivity index (χ2v) is 2.64. The molecule has 0 aliphatic rings. The van der Waals surface area contributed by atoms with E-state index in [0.717, 1.165) is 6.42 Å². The summed E-state index contributed by atoms with van der Waals surface area (Å²) in [5.74, 6) is 0. The average Bonchev–Trinajstić information content (AvgIpc) is 2.18. The Morgan fingerprint density at radius 2 is 1.69 bits per heavy atom. The van der Waals surface area contributed by atoms with E-state index in [9.17, 15) is 0 Å². The molecule has 0 amide bonds. The maximum absolute atomic E-state index is 3.72. The monoisotopic (exact) mass is 170 g/mol. The van der Waals surface area contributed by atoms with Crippen LogP contribution < -0.4 is 0 Å². The summed E-state index contributed by atoms with van der Waals surface area (Å²) < 4.78 is 0. The van der Waals surface area contributed by atoms with Gasteiger partial charge in [0, 0.05) is 0 Å². The topological polar surface area (TPSA) is 0 Å². The second-order valence-electron chi connectivity index (χ2n) is 2.64. The van der Waals surface area contributed by atoms with Crippen molar-refractivity contribution in [3.8, 4) is 0 Å². The predicted molar refractivity (Wildman–Crippen MR) is 61.9 cm³/mol. The Morgan fingerprint density at radius 1 is 1.08 bits per heavy atom. The zero-order chi connectivity index (χ0) is 9.07. The first-order chi connectivity index (χ1) is 5.91. The first-order valence-corrected chi connectivity index (χ1v) is 4.62. The summed E-state index contributed by atoms with van der Waals surface area (Å²) in [5, 5.41) is 0. The molecule has 0 fully saturated rings. The molecule has 0 aliphatic heterocycles. The molecule has 0 atom stereocenters. The van der Waals surface area contributed by atoms with Gasteiger partial charge in [0.25, 0.3) is 0 Å². The van der Waals surface area contributed by atoms with Gasteiger partial charge in [0.05, 0.1) is 0 Å². The van der Waals surface area contributed by atoms with Crippen LogP contribution in [-0.2, 0) is 0 Å². The smallest absolute Gasteiger partial charge is 0.0184 e. The van der Waals surface area contributed by atoms with Crippen molar-refractivity contribution >= 4 is 18.9 Å². The van der Waals surface area contributed by atoms with Crippen molar-refractivity contribution in [3.05, 3.63) is 43.3 Å². The molecule has 68 valence electrons. The third-order valence-corrected chi connectivity index (χ3v) is 1.46. The van der Waals surface area contributed by atoms with Gasteiger partial charge < -0.3 is 0 Å². The van der Waals surface area contributed by atoms with Crippen molar-refractivity contribution in [1.82, 2.24) is 0 Å². The molecular formula is C12H19Li. The van der Waals surface area contributed by atoms with E-state index in [2.05, 4.69) is 19.9 Å². The molecule has 0 heterocycles. The summed E-state index contributed by atoms with van der Waals surface area (Å²) in [5.41, 5.74) is 0. The van der Waals surface area contributed by atoms with E-state index in [-0.39, 0.29) is 18.9 Å². The third kappa shape index (κ3) is 14.6. The Hall–Kier alpha value is -0.183. The number of benzene rings is 1. The van der Waals surface area contributed by atoms with Crippen LogP contribution in [0.5, 0.6) is 0 Å². The Kier molecular flexibility index (Phi) is 16.9. The number of rotatable bonds is 3. The number of unbranched alkanes of at least 4 members (excludes halogenated alkanes) is 3. The Balaban J connectivity index is 0. The van der Waals surface area contributed by atoms with Gasteiger partial charge >= 0.3 is 18.9 Å². The third-order valence-electron chi connectivity index (χ3n) is 1.46. The van der Waals surface area contributed by atoms with Gasteiger partial charge in [-0.2, -0.15) is 0 Å². The van der Waals surface area contributed by atoms with Crippen LogP contribution in [0.4, 0.5) is 0 Å². The molecule has 0 aromatic heterocycles. The van der Waals surface area contributed by atoms with Crippen LogP contribution in [0.25, 0.3) is 0 Å². The van der Waals surface area contributed by atoms with E-state index in [0.29, 0.717) is 0 Å². The molecule has 1 aromatic rings. The van der Waals surface area contributed by atoms with Crippen molar-refractivity contribution in [2.75, 3.05) is 0 Å². The maximum atomic E-state index is 3.72. The molecule has 13 heavy (non-hydrogen) atoms. The fourth-order valence-electron chi connectivity index (χ4n) is 0.769. The molecule has 0 nitrogen and oxygen atoms in total. The maximum Gasteiger partial charge on any atom is -0.0184 e. The minimum Gasteiger partial charge on any atom is -0.0622 e. The van der Waals surface area contributed by atoms with Gasteiger partial charge in [0.15, 0.2) is 0 Å². The molecule has 1 aromatic carbocycles. The van der Waals surface area contributed by atoms with Crippen molar-refractivity contribution in [2.24, 2.45) is 0 Å². The van der Waals surface area contributed by atoms with E-state index in [1.54, 1.807) is 0 Å². The minimum atomic E-state index is 0. The number of hydrogen-bond acceptors (Lipinski definition) is 0. The van der Waals surface area contributed by atoms with Crippen LogP contribution in [0.15, 0.2) is 30.3 Å². The normalized spacial score (nSPS) is 7.85. The summed E-state index contributed by atoms with van der Waals surface area (Å²) in [6, 6.07) is 12.5. The zero-order valence-electron chi connectivity index (χ0n) is 7.92. The number of hydrogen-bond donors (Lipinski definition) is 0. The molecule has 0 bridgehead atoms. The molecular weight excluding hydrogens is 151 g/mol. The van der Waals surface area contributed by atoms with Crippen LogP contribution >= 0.6 is 0 Å². The summed E-state index contributed by atoms with van der Waals surface area (Å²) in [6.45, 7) is 5.93. The first-order valence-electron chi connectivity index (χ1n) is 4.62. The van der Waals surface area contributed by atoms with E-state index < -0.39 is 0 Å². The summed E-state index contributed by atoms with van der Waals surface area (Å²) in [7, 11) is 0. The molecule has 0 aliphatic carbocycles. The molecule has 0 saturated heterocycles. The Bertz CT molecular complexity index is 118. The molecule has 0 spiro atoms.